The molecule has 0 aromatic carbocycles. The van der Waals surface area contributed by atoms with E-state index in [2.05, 4.69) is 29.8 Å². The molecule has 0 unspecified atom stereocenters. The number of aromatic nitrogens is 1. The van der Waals surface area contributed by atoms with Crippen molar-refractivity contribution in [1.29, 1.82) is 0 Å². The normalized spacial score (nSPS) is 26.9. The van der Waals surface area contributed by atoms with Gasteiger partial charge < -0.3 is 15.4 Å². The average molecular weight is 235 g/mol. The standard InChI is InChI=1S/C13H21N3O/c1-9-7-16(8-10(2)17-9)13-6-12(11(3)14)4-5-15-13/h4-6,9-11H,7-8,14H2,1-3H3/t9-,10+,11-/m0/s1. The van der Waals surface area contributed by atoms with Gasteiger partial charge in [-0.3, -0.25) is 0 Å². The fourth-order valence-corrected chi connectivity index (χ4v) is 2.26. The second-order valence-corrected chi connectivity index (χ2v) is 4.90. The molecule has 4 nitrogen and oxygen atoms in total. The average Bonchev–Trinajstić information content (AvgIpc) is 2.28. The molecule has 3 atom stereocenters. The largest absolute Gasteiger partial charge is 0.372 e. The summed E-state index contributed by atoms with van der Waals surface area (Å²) >= 11 is 0. The molecule has 94 valence electrons. The highest BCUT2D eigenvalue weighted by Gasteiger charge is 2.23. The summed E-state index contributed by atoms with van der Waals surface area (Å²) in [5.41, 5.74) is 7.02. The molecule has 17 heavy (non-hydrogen) atoms. The minimum atomic E-state index is 0.0487. The SMILES string of the molecule is C[C@@H]1CN(c2cc([C@H](C)N)ccn2)C[C@H](C)O1. The zero-order valence-corrected chi connectivity index (χ0v) is 10.8. The lowest BCUT2D eigenvalue weighted by atomic mass is 10.1. The van der Waals surface area contributed by atoms with Crippen molar-refractivity contribution in [3.8, 4) is 0 Å². The number of rotatable bonds is 2. The van der Waals surface area contributed by atoms with E-state index >= 15 is 0 Å². The fraction of sp³-hybridized carbons (Fsp3) is 0.615. The number of ether oxygens (including phenoxy) is 1. The minimum Gasteiger partial charge on any atom is -0.372 e. The van der Waals surface area contributed by atoms with E-state index in [4.69, 9.17) is 10.5 Å². The Morgan fingerprint density at radius 3 is 2.65 bits per heavy atom. The van der Waals surface area contributed by atoms with Crippen molar-refractivity contribution in [1.82, 2.24) is 4.98 Å². The maximum Gasteiger partial charge on any atom is 0.128 e. The number of nitrogens with two attached hydrogens (primary N) is 1. The fourth-order valence-electron chi connectivity index (χ4n) is 2.26. The maximum atomic E-state index is 5.90. The van der Waals surface area contributed by atoms with E-state index in [0.717, 1.165) is 24.5 Å². The summed E-state index contributed by atoms with van der Waals surface area (Å²) in [5.74, 6) is 1.00. The summed E-state index contributed by atoms with van der Waals surface area (Å²) in [4.78, 5) is 6.70. The topological polar surface area (TPSA) is 51.4 Å². The van der Waals surface area contributed by atoms with Crippen LogP contribution in [0.2, 0.25) is 0 Å². The van der Waals surface area contributed by atoms with Crippen LogP contribution < -0.4 is 10.6 Å². The van der Waals surface area contributed by atoms with Crippen LogP contribution in [0.4, 0.5) is 5.82 Å². The third-order valence-corrected chi connectivity index (χ3v) is 3.04. The van der Waals surface area contributed by atoms with Crippen molar-refractivity contribution in [2.45, 2.75) is 39.0 Å². The van der Waals surface area contributed by atoms with Gasteiger partial charge in [-0.25, -0.2) is 4.98 Å². The Morgan fingerprint density at radius 1 is 1.41 bits per heavy atom. The third-order valence-electron chi connectivity index (χ3n) is 3.04. The van der Waals surface area contributed by atoms with E-state index in [1.165, 1.54) is 0 Å². The van der Waals surface area contributed by atoms with Crippen molar-refractivity contribution >= 4 is 5.82 Å². The molecule has 2 heterocycles. The Morgan fingerprint density at radius 2 is 2.06 bits per heavy atom. The van der Waals surface area contributed by atoms with Gasteiger partial charge in [0, 0.05) is 25.3 Å². The van der Waals surface area contributed by atoms with E-state index in [0.29, 0.717) is 0 Å². The molecule has 1 aliphatic heterocycles. The van der Waals surface area contributed by atoms with Crippen LogP contribution in [0.3, 0.4) is 0 Å². The monoisotopic (exact) mass is 235 g/mol. The highest BCUT2D eigenvalue weighted by Crippen LogP contribution is 2.20. The highest BCUT2D eigenvalue weighted by molar-refractivity contribution is 5.42. The first kappa shape index (κ1) is 12.3. The summed E-state index contributed by atoms with van der Waals surface area (Å²) in [7, 11) is 0. The number of anilines is 1. The van der Waals surface area contributed by atoms with Crippen molar-refractivity contribution in [2.75, 3.05) is 18.0 Å². The molecule has 0 aliphatic carbocycles. The van der Waals surface area contributed by atoms with Gasteiger partial charge in [-0.1, -0.05) is 0 Å². The Bertz CT molecular complexity index is 371. The van der Waals surface area contributed by atoms with E-state index in [1.807, 2.05) is 19.2 Å². The van der Waals surface area contributed by atoms with Crippen LogP contribution >= 0.6 is 0 Å². The molecule has 1 saturated heterocycles. The molecule has 1 fully saturated rings. The van der Waals surface area contributed by atoms with Gasteiger partial charge in [-0.05, 0) is 38.5 Å². The third kappa shape index (κ3) is 2.96. The van der Waals surface area contributed by atoms with Gasteiger partial charge in [-0.2, -0.15) is 0 Å². The zero-order chi connectivity index (χ0) is 12.4. The first-order chi connectivity index (χ1) is 8.06. The van der Waals surface area contributed by atoms with Crippen LogP contribution in [0.1, 0.15) is 32.4 Å². The Labute approximate surface area is 103 Å². The smallest absolute Gasteiger partial charge is 0.128 e. The van der Waals surface area contributed by atoms with Crippen LogP contribution in [0.25, 0.3) is 0 Å². The molecule has 4 heteroatoms. The van der Waals surface area contributed by atoms with Crippen molar-refractivity contribution in [3.05, 3.63) is 23.9 Å². The van der Waals surface area contributed by atoms with Crippen LogP contribution in [0, 0.1) is 0 Å². The quantitative estimate of drug-likeness (QED) is 0.848. The van der Waals surface area contributed by atoms with Gasteiger partial charge in [0.2, 0.25) is 0 Å². The molecule has 1 aliphatic rings. The number of hydrogen-bond acceptors (Lipinski definition) is 4. The van der Waals surface area contributed by atoms with Gasteiger partial charge in [0.15, 0.2) is 0 Å². The summed E-state index contributed by atoms with van der Waals surface area (Å²) in [6, 6.07) is 4.10. The molecular weight excluding hydrogens is 214 g/mol. The first-order valence-electron chi connectivity index (χ1n) is 6.18. The van der Waals surface area contributed by atoms with E-state index in [-0.39, 0.29) is 18.2 Å². The molecule has 2 rings (SSSR count). The lowest BCUT2D eigenvalue weighted by molar-refractivity contribution is -0.00546. The lowest BCUT2D eigenvalue weighted by Gasteiger charge is -2.36. The number of pyridine rings is 1. The van der Waals surface area contributed by atoms with Crippen molar-refractivity contribution < 1.29 is 4.74 Å². The zero-order valence-electron chi connectivity index (χ0n) is 10.8. The Hall–Kier alpha value is -1.13. The molecule has 1 aromatic heterocycles. The molecule has 2 N–H and O–H groups in total. The van der Waals surface area contributed by atoms with Gasteiger partial charge in [0.1, 0.15) is 5.82 Å². The van der Waals surface area contributed by atoms with Crippen molar-refractivity contribution in [3.63, 3.8) is 0 Å². The molecular formula is C13H21N3O. The highest BCUT2D eigenvalue weighted by atomic mass is 16.5. The molecule has 0 saturated carbocycles. The Balaban J connectivity index is 2.18. The van der Waals surface area contributed by atoms with E-state index in [9.17, 15) is 0 Å². The molecule has 0 radical (unpaired) electrons. The Kier molecular flexibility index (Phi) is 3.64. The first-order valence-corrected chi connectivity index (χ1v) is 6.18. The predicted octanol–water partition coefficient (Wildman–Crippen LogP) is 1.71. The summed E-state index contributed by atoms with van der Waals surface area (Å²) in [5, 5.41) is 0. The lowest BCUT2D eigenvalue weighted by Crippen LogP contribution is -2.45. The number of morpholine rings is 1. The number of hydrogen-bond donors (Lipinski definition) is 1. The minimum absolute atomic E-state index is 0.0487. The van der Waals surface area contributed by atoms with Crippen LogP contribution in [0.5, 0.6) is 0 Å². The summed E-state index contributed by atoms with van der Waals surface area (Å²) in [6.45, 7) is 7.96. The molecule has 0 bridgehead atoms. The summed E-state index contributed by atoms with van der Waals surface area (Å²) < 4.78 is 5.72. The van der Waals surface area contributed by atoms with E-state index in [1.54, 1.807) is 0 Å². The predicted molar refractivity (Wildman–Crippen MR) is 69.1 cm³/mol. The van der Waals surface area contributed by atoms with Gasteiger partial charge in [0.05, 0.1) is 12.2 Å². The number of nitrogens with zero attached hydrogens (tertiary/aromatic N) is 2. The van der Waals surface area contributed by atoms with Crippen LogP contribution in [-0.2, 0) is 4.74 Å². The second kappa shape index (κ2) is 5.02. The van der Waals surface area contributed by atoms with Gasteiger partial charge in [-0.15, -0.1) is 0 Å². The van der Waals surface area contributed by atoms with E-state index < -0.39 is 0 Å². The maximum absolute atomic E-state index is 5.90. The molecule has 0 amide bonds. The molecule has 0 spiro atoms. The van der Waals surface area contributed by atoms with Crippen LogP contribution in [-0.4, -0.2) is 30.3 Å². The van der Waals surface area contributed by atoms with Crippen molar-refractivity contribution in [2.24, 2.45) is 5.73 Å². The summed E-state index contributed by atoms with van der Waals surface area (Å²) in [6.07, 6.45) is 2.33. The molecule has 1 aromatic rings. The van der Waals surface area contributed by atoms with Gasteiger partial charge >= 0.3 is 0 Å². The van der Waals surface area contributed by atoms with Gasteiger partial charge in [0.25, 0.3) is 0 Å². The second-order valence-electron chi connectivity index (χ2n) is 4.90. The van der Waals surface area contributed by atoms with Crippen LogP contribution in [0.15, 0.2) is 18.3 Å².